The molecule has 1 N–H and O–H groups in total. The van der Waals surface area contributed by atoms with Crippen molar-refractivity contribution in [2.45, 2.75) is 6.42 Å². The molecule has 18 heavy (non-hydrogen) atoms. The Bertz CT molecular complexity index is 643. The zero-order valence-electron chi connectivity index (χ0n) is 9.68. The van der Waals surface area contributed by atoms with Crippen LogP contribution in [0.15, 0.2) is 24.4 Å². The van der Waals surface area contributed by atoms with Crippen LogP contribution in [0.25, 0.3) is 17.0 Å². The lowest BCUT2D eigenvalue weighted by Crippen LogP contribution is -2.04. The van der Waals surface area contributed by atoms with Crippen LogP contribution in [0.3, 0.4) is 0 Å². The van der Waals surface area contributed by atoms with E-state index in [-0.39, 0.29) is 11.5 Å². The van der Waals surface area contributed by atoms with Crippen LogP contribution in [0.1, 0.15) is 11.1 Å². The number of H-pyrrole nitrogens is 1. The number of rotatable bonds is 3. The maximum absolute atomic E-state index is 10.5. The molecular formula is C13H12N2O3. The number of nitro groups is 1. The zero-order chi connectivity index (χ0) is 12.5. The van der Waals surface area contributed by atoms with E-state index >= 15 is 0 Å². The lowest BCUT2D eigenvalue weighted by molar-refractivity contribution is -0.479. The van der Waals surface area contributed by atoms with E-state index in [1.807, 2.05) is 30.5 Å². The first-order valence-electron chi connectivity index (χ1n) is 5.80. The van der Waals surface area contributed by atoms with Crippen LogP contribution in [0.2, 0.25) is 0 Å². The Kier molecular flexibility index (Phi) is 2.51. The predicted octanol–water partition coefficient (Wildman–Crippen LogP) is 2.39. The average molecular weight is 244 g/mol. The Morgan fingerprint density at radius 2 is 2.33 bits per heavy atom. The van der Waals surface area contributed by atoms with Crippen molar-refractivity contribution >= 4 is 17.0 Å². The minimum Gasteiger partial charge on any atom is -0.489 e. The summed E-state index contributed by atoms with van der Waals surface area (Å²) >= 11 is 0. The molecule has 0 radical (unpaired) electrons. The van der Waals surface area contributed by atoms with Crippen LogP contribution in [0.4, 0.5) is 0 Å². The third kappa shape index (κ3) is 1.73. The van der Waals surface area contributed by atoms with Gasteiger partial charge in [-0.3, -0.25) is 10.1 Å². The number of hydrogen-bond acceptors (Lipinski definition) is 3. The molecule has 1 aromatic carbocycles. The van der Waals surface area contributed by atoms with E-state index < -0.39 is 0 Å². The SMILES string of the molecule is O=[N+]([O-])CCc1c[nH]c2ccc3c(c12)C=CCO3. The lowest BCUT2D eigenvalue weighted by Gasteiger charge is -2.13. The Labute approximate surface area is 103 Å². The summed E-state index contributed by atoms with van der Waals surface area (Å²) in [5, 5.41) is 11.5. The molecule has 0 saturated carbocycles. The van der Waals surface area contributed by atoms with E-state index in [9.17, 15) is 10.1 Å². The van der Waals surface area contributed by atoms with Gasteiger partial charge in [-0.05, 0) is 23.8 Å². The summed E-state index contributed by atoms with van der Waals surface area (Å²) in [6.45, 7) is 0.522. The number of benzene rings is 1. The highest BCUT2D eigenvalue weighted by molar-refractivity contribution is 5.94. The van der Waals surface area contributed by atoms with E-state index in [1.54, 1.807) is 0 Å². The Hall–Kier alpha value is -2.30. The summed E-state index contributed by atoms with van der Waals surface area (Å²) in [5.41, 5.74) is 2.97. The second kappa shape index (κ2) is 4.18. The molecule has 0 fully saturated rings. The molecule has 3 rings (SSSR count). The fourth-order valence-corrected chi connectivity index (χ4v) is 2.31. The minimum absolute atomic E-state index is 0.0544. The minimum atomic E-state index is -0.291. The molecule has 0 aliphatic carbocycles. The van der Waals surface area contributed by atoms with Gasteiger partial charge in [0.1, 0.15) is 12.4 Å². The number of ether oxygens (including phenoxy) is 1. The Morgan fingerprint density at radius 3 is 3.17 bits per heavy atom. The van der Waals surface area contributed by atoms with Crippen molar-refractivity contribution in [2.75, 3.05) is 13.2 Å². The molecule has 0 spiro atoms. The van der Waals surface area contributed by atoms with Gasteiger partial charge in [-0.2, -0.15) is 0 Å². The van der Waals surface area contributed by atoms with Crippen LogP contribution in [-0.4, -0.2) is 23.1 Å². The third-order valence-corrected chi connectivity index (χ3v) is 3.11. The van der Waals surface area contributed by atoms with Gasteiger partial charge in [0.25, 0.3) is 0 Å². The van der Waals surface area contributed by atoms with Gasteiger partial charge in [0.05, 0.1) is 0 Å². The van der Waals surface area contributed by atoms with Gasteiger partial charge in [-0.15, -0.1) is 0 Å². The largest absolute Gasteiger partial charge is 0.489 e. The lowest BCUT2D eigenvalue weighted by atomic mass is 10.0. The van der Waals surface area contributed by atoms with Crippen LogP contribution < -0.4 is 4.74 Å². The first-order chi connectivity index (χ1) is 8.75. The molecule has 1 aliphatic heterocycles. The normalized spacial score (nSPS) is 13.3. The van der Waals surface area contributed by atoms with E-state index in [4.69, 9.17) is 4.74 Å². The van der Waals surface area contributed by atoms with Crippen LogP contribution >= 0.6 is 0 Å². The highest BCUT2D eigenvalue weighted by atomic mass is 16.6. The third-order valence-electron chi connectivity index (χ3n) is 3.11. The van der Waals surface area contributed by atoms with Gasteiger partial charge in [0.2, 0.25) is 6.54 Å². The fourth-order valence-electron chi connectivity index (χ4n) is 2.31. The Balaban J connectivity index is 2.11. The van der Waals surface area contributed by atoms with E-state index in [0.717, 1.165) is 27.8 Å². The van der Waals surface area contributed by atoms with Crippen molar-refractivity contribution in [1.82, 2.24) is 4.98 Å². The zero-order valence-corrected chi connectivity index (χ0v) is 9.68. The number of hydrogen-bond donors (Lipinski definition) is 1. The van der Waals surface area contributed by atoms with Crippen molar-refractivity contribution in [3.8, 4) is 5.75 Å². The van der Waals surface area contributed by atoms with Gasteiger partial charge in [0, 0.05) is 34.0 Å². The fraction of sp³-hybridized carbons (Fsp3) is 0.231. The second-order valence-corrected chi connectivity index (χ2v) is 4.23. The van der Waals surface area contributed by atoms with Gasteiger partial charge < -0.3 is 9.72 Å². The summed E-state index contributed by atoms with van der Waals surface area (Å²) in [4.78, 5) is 13.3. The van der Waals surface area contributed by atoms with Crippen molar-refractivity contribution in [3.05, 3.63) is 45.6 Å². The number of aromatic nitrogens is 1. The van der Waals surface area contributed by atoms with Gasteiger partial charge >= 0.3 is 0 Å². The van der Waals surface area contributed by atoms with Crippen molar-refractivity contribution in [2.24, 2.45) is 0 Å². The molecule has 0 amide bonds. The second-order valence-electron chi connectivity index (χ2n) is 4.23. The first kappa shape index (κ1) is 10.8. The first-order valence-corrected chi connectivity index (χ1v) is 5.80. The highest BCUT2D eigenvalue weighted by Gasteiger charge is 2.15. The van der Waals surface area contributed by atoms with Crippen molar-refractivity contribution < 1.29 is 9.66 Å². The molecular weight excluding hydrogens is 232 g/mol. The summed E-state index contributed by atoms with van der Waals surface area (Å²) in [5.74, 6) is 0.840. The van der Waals surface area contributed by atoms with E-state index in [1.165, 1.54) is 0 Å². The molecule has 2 aromatic rings. The Morgan fingerprint density at radius 1 is 1.44 bits per heavy atom. The standard InChI is InChI=1S/C13H12N2O3/c16-15(17)6-5-9-8-14-11-3-4-12-10(13(9)11)2-1-7-18-12/h1-4,8,14H,5-7H2. The summed E-state index contributed by atoms with van der Waals surface area (Å²) in [7, 11) is 0. The van der Waals surface area contributed by atoms with Crippen molar-refractivity contribution in [3.63, 3.8) is 0 Å². The quantitative estimate of drug-likeness (QED) is 0.665. The van der Waals surface area contributed by atoms with Crippen molar-refractivity contribution in [1.29, 1.82) is 0 Å². The maximum atomic E-state index is 10.5. The van der Waals surface area contributed by atoms with Crippen LogP contribution in [0, 0.1) is 10.1 Å². The number of aromatic amines is 1. The molecule has 0 saturated heterocycles. The smallest absolute Gasteiger partial charge is 0.207 e. The molecule has 0 unspecified atom stereocenters. The summed E-state index contributed by atoms with van der Waals surface area (Å²) in [6, 6.07) is 3.87. The molecule has 0 atom stereocenters. The summed E-state index contributed by atoms with van der Waals surface area (Å²) < 4.78 is 5.55. The van der Waals surface area contributed by atoms with E-state index in [0.29, 0.717) is 13.0 Å². The number of nitrogens with zero attached hydrogens (tertiary/aromatic N) is 1. The van der Waals surface area contributed by atoms with Gasteiger partial charge in [-0.1, -0.05) is 6.08 Å². The maximum Gasteiger partial charge on any atom is 0.207 e. The molecule has 1 aliphatic rings. The number of nitrogens with one attached hydrogen (secondary N) is 1. The molecule has 2 heterocycles. The molecule has 5 heteroatoms. The molecule has 1 aromatic heterocycles. The van der Waals surface area contributed by atoms with Crippen LogP contribution in [0.5, 0.6) is 5.75 Å². The summed E-state index contributed by atoms with van der Waals surface area (Å²) in [6.07, 6.45) is 6.24. The topological polar surface area (TPSA) is 68.2 Å². The molecule has 92 valence electrons. The predicted molar refractivity (Wildman–Crippen MR) is 68.4 cm³/mol. The average Bonchev–Trinajstić information content (AvgIpc) is 2.80. The highest BCUT2D eigenvalue weighted by Crippen LogP contribution is 2.33. The van der Waals surface area contributed by atoms with Gasteiger partial charge in [0.15, 0.2) is 0 Å². The van der Waals surface area contributed by atoms with Crippen LogP contribution in [-0.2, 0) is 6.42 Å². The monoisotopic (exact) mass is 244 g/mol. The number of fused-ring (bicyclic) bond motifs is 3. The van der Waals surface area contributed by atoms with Gasteiger partial charge in [-0.25, -0.2) is 0 Å². The molecule has 5 nitrogen and oxygen atoms in total. The molecule has 0 bridgehead atoms. The van der Waals surface area contributed by atoms with E-state index in [2.05, 4.69) is 4.98 Å².